The van der Waals surface area contributed by atoms with E-state index in [1.807, 2.05) is 30.3 Å². The fraction of sp³-hybridized carbons (Fsp3) is 0.727. The van der Waals surface area contributed by atoms with Crippen molar-refractivity contribution in [3.8, 4) is 5.75 Å². The van der Waals surface area contributed by atoms with Crippen molar-refractivity contribution in [1.29, 1.82) is 0 Å². The zero-order valence-electron chi connectivity index (χ0n) is 16.3. The summed E-state index contributed by atoms with van der Waals surface area (Å²) in [4.78, 5) is 5.29. The predicted octanol–water partition coefficient (Wildman–Crippen LogP) is 3.67. The lowest BCUT2D eigenvalue weighted by Gasteiger charge is -2.34. The lowest BCUT2D eigenvalue weighted by atomic mass is 9.96. The first kappa shape index (κ1) is 19.7. The maximum Gasteiger partial charge on any atom is 0.119 e. The minimum atomic E-state index is 0.627. The SMILES string of the molecule is c1ccc(OCCOCCN2CCC(CN3CCCCCC3)CC2)cc1. The fourth-order valence-electron chi connectivity index (χ4n) is 4.11. The van der Waals surface area contributed by atoms with Gasteiger partial charge in [0, 0.05) is 13.1 Å². The van der Waals surface area contributed by atoms with E-state index in [0.717, 1.165) is 24.8 Å². The van der Waals surface area contributed by atoms with Gasteiger partial charge in [-0.25, -0.2) is 0 Å². The minimum Gasteiger partial charge on any atom is -0.491 e. The molecule has 0 N–H and O–H groups in total. The van der Waals surface area contributed by atoms with Crippen molar-refractivity contribution >= 4 is 0 Å². The number of nitrogens with zero attached hydrogens (tertiary/aromatic N) is 2. The first-order valence-corrected chi connectivity index (χ1v) is 10.6. The first-order valence-electron chi connectivity index (χ1n) is 10.6. The zero-order valence-corrected chi connectivity index (χ0v) is 16.3. The minimum absolute atomic E-state index is 0.627. The highest BCUT2D eigenvalue weighted by Gasteiger charge is 2.21. The molecule has 4 nitrogen and oxygen atoms in total. The second-order valence-electron chi connectivity index (χ2n) is 7.77. The third-order valence-electron chi connectivity index (χ3n) is 5.71. The maximum absolute atomic E-state index is 5.75. The second-order valence-corrected chi connectivity index (χ2v) is 7.77. The summed E-state index contributed by atoms with van der Waals surface area (Å²) in [5, 5.41) is 0. The van der Waals surface area contributed by atoms with Crippen LogP contribution in [-0.4, -0.2) is 68.9 Å². The molecule has 2 heterocycles. The van der Waals surface area contributed by atoms with Gasteiger partial charge >= 0.3 is 0 Å². The zero-order chi connectivity index (χ0) is 17.9. The number of likely N-dealkylation sites (tertiary alicyclic amines) is 2. The average Bonchev–Trinajstić information content (AvgIpc) is 2.95. The first-order chi connectivity index (χ1) is 12.9. The molecule has 2 aliphatic heterocycles. The molecule has 0 radical (unpaired) electrons. The van der Waals surface area contributed by atoms with E-state index in [1.54, 1.807) is 0 Å². The molecule has 2 aliphatic rings. The van der Waals surface area contributed by atoms with Crippen molar-refractivity contribution in [2.75, 3.05) is 59.1 Å². The van der Waals surface area contributed by atoms with E-state index < -0.39 is 0 Å². The van der Waals surface area contributed by atoms with Gasteiger partial charge in [0.15, 0.2) is 0 Å². The van der Waals surface area contributed by atoms with Gasteiger partial charge in [0.25, 0.3) is 0 Å². The van der Waals surface area contributed by atoms with Gasteiger partial charge in [-0.2, -0.15) is 0 Å². The van der Waals surface area contributed by atoms with Gasteiger partial charge in [-0.3, -0.25) is 0 Å². The maximum atomic E-state index is 5.75. The van der Waals surface area contributed by atoms with E-state index >= 15 is 0 Å². The summed E-state index contributed by atoms with van der Waals surface area (Å²) in [5.74, 6) is 1.83. The van der Waals surface area contributed by atoms with Crippen LogP contribution in [0.15, 0.2) is 30.3 Å². The molecule has 3 rings (SSSR count). The second kappa shape index (κ2) is 11.6. The molecule has 1 aromatic carbocycles. The van der Waals surface area contributed by atoms with Gasteiger partial charge in [0.05, 0.1) is 13.2 Å². The molecule has 0 atom stereocenters. The molecule has 1 aromatic rings. The Labute approximate surface area is 159 Å². The Morgan fingerprint density at radius 2 is 1.50 bits per heavy atom. The van der Waals surface area contributed by atoms with Crippen molar-refractivity contribution in [1.82, 2.24) is 9.80 Å². The highest BCUT2D eigenvalue weighted by atomic mass is 16.5. The summed E-state index contributed by atoms with van der Waals surface area (Å²) in [5.41, 5.74) is 0. The summed E-state index contributed by atoms with van der Waals surface area (Å²) < 4.78 is 11.4. The van der Waals surface area contributed by atoms with E-state index in [1.165, 1.54) is 71.2 Å². The number of rotatable bonds is 9. The third kappa shape index (κ3) is 7.26. The van der Waals surface area contributed by atoms with Gasteiger partial charge in [-0.1, -0.05) is 31.0 Å². The fourth-order valence-corrected chi connectivity index (χ4v) is 4.11. The highest BCUT2D eigenvalue weighted by molar-refractivity contribution is 5.20. The third-order valence-corrected chi connectivity index (χ3v) is 5.71. The molecule has 0 aliphatic carbocycles. The monoisotopic (exact) mass is 360 g/mol. The quantitative estimate of drug-likeness (QED) is 0.627. The van der Waals surface area contributed by atoms with Crippen LogP contribution in [0.3, 0.4) is 0 Å². The largest absolute Gasteiger partial charge is 0.491 e. The molecule has 0 bridgehead atoms. The van der Waals surface area contributed by atoms with Crippen LogP contribution in [-0.2, 0) is 4.74 Å². The van der Waals surface area contributed by atoms with Crippen molar-refractivity contribution in [3.05, 3.63) is 30.3 Å². The standard InChI is InChI=1S/C22H36N2O2/c1-2-7-13-24(12-6-1)20-21-10-14-23(15-11-21)16-17-25-18-19-26-22-8-4-3-5-9-22/h3-5,8-9,21H,1-2,6-7,10-20H2. The molecule has 0 unspecified atom stereocenters. The molecule has 4 heteroatoms. The normalized spacial score (nSPS) is 20.8. The molecule has 2 fully saturated rings. The summed E-state index contributed by atoms with van der Waals surface area (Å²) in [7, 11) is 0. The molecular weight excluding hydrogens is 324 g/mol. The van der Waals surface area contributed by atoms with Crippen LogP contribution >= 0.6 is 0 Å². The van der Waals surface area contributed by atoms with Crippen LogP contribution in [0, 0.1) is 5.92 Å². The van der Waals surface area contributed by atoms with Crippen molar-refractivity contribution < 1.29 is 9.47 Å². The molecule has 0 aromatic heterocycles. The predicted molar refractivity (Wildman–Crippen MR) is 107 cm³/mol. The van der Waals surface area contributed by atoms with Gasteiger partial charge < -0.3 is 19.3 Å². The van der Waals surface area contributed by atoms with Crippen LogP contribution in [0.5, 0.6) is 5.75 Å². The number of para-hydroxylation sites is 1. The van der Waals surface area contributed by atoms with Crippen molar-refractivity contribution in [2.24, 2.45) is 5.92 Å². The summed E-state index contributed by atoms with van der Waals surface area (Å²) in [6.45, 7) is 9.64. The average molecular weight is 361 g/mol. The van der Waals surface area contributed by atoms with E-state index in [9.17, 15) is 0 Å². The van der Waals surface area contributed by atoms with Crippen LogP contribution in [0.25, 0.3) is 0 Å². The van der Waals surface area contributed by atoms with Crippen LogP contribution in [0.4, 0.5) is 0 Å². The molecular formula is C22H36N2O2. The number of piperidine rings is 1. The van der Waals surface area contributed by atoms with Gasteiger partial charge in [0.2, 0.25) is 0 Å². The summed E-state index contributed by atoms with van der Waals surface area (Å²) in [6.07, 6.45) is 8.40. The molecule has 26 heavy (non-hydrogen) atoms. The van der Waals surface area contributed by atoms with Gasteiger partial charge in [0.1, 0.15) is 12.4 Å². The lowest BCUT2D eigenvalue weighted by molar-refractivity contribution is 0.0663. The summed E-state index contributed by atoms with van der Waals surface area (Å²) in [6, 6.07) is 9.95. The van der Waals surface area contributed by atoms with Gasteiger partial charge in [-0.15, -0.1) is 0 Å². The van der Waals surface area contributed by atoms with Gasteiger partial charge in [-0.05, 0) is 69.9 Å². The Balaban J connectivity index is 1.20. The Bertz CT molecular complexity index is 466. The van der Waals surface area contributed by atoms with Crippen LogP contribution < -0.4 is 4.74 Å². The topological polar surface area (TPSA) is 24.9 Å². The van der Waals surface area contributed by atoms with Crippen LogP contribution in [0.1, 0.15) is 38.5 Å². The summed E-state index contributed by atoms with van der Waals surface area (Å²) >= 11 is 0. The van der Waals surface area contributed by atoms with E-state index in [0.29, 0.717) is 13.2 Å². The van der Waals surface area contributed by atoms with E-state index in [4.69, 9.17) is 9.47 Å². The highest BCUT2D eigenvalue weighted by Crippen LogP contribution is 2.20. The Morgan fingerprint density at radius 1 is 0.769 bits per heavy atom. The van der Waals surface area contributed by atoms with E-state index in [-0.39, 0.29) is 0 Å². The molecule has 0 amide bonds. The number of hydrogen-bond acceptors (Lipinski definition) is 4. The smallest absolute Gasteiger partial charge is 0.119 e. The number of hydrogen-bond donors (Lipinski definition) is 0. The molecule has 0 saturated carbocycles. The molecule has 0 spiro atoms. The molecule has 146 valence electrons. The van der Waals surface area contributed by atoms with Crippen molar-refractivity contribution in [3.63, 3.8) is 0 Å². The Morgan fingerprint density at radius 3 is 2.23 bits per heavy atom. The number of ether oxygens (including phenoxy) is 2. The Kier molecular flexibility index (Phi) is 8.75. The number of benzene rings is 1. The van der Waals surface area contributed by atoms with E-state index in [2.05, 4.69) is 9.80 Å². The van der Waals surface area contributed by atoms with Crippen LogP contribution in [0.2, 0.25) is 0 Å². The molecule has 2 saturated heterocycles. The Hall–Kier alpha value is -1.10. The lowest BCUT2D eigenvalue weighted by Crippen LogP contribution is -2.40. The van der Waals surface area contributed by atoms with Crippen molar-refractivity contribution in [2.45, 2.75) is 38.5 Å².